The van der Waals surface area contributed by atoms with Crippen molar-refractivity contribution >= 4 is 23.2 Å². The maximum absolute atomic E-state index is 11.9. The molecule has 0 saturated carbocycles. The van der Waals surface area contributed by atoms with Crippen molar-refractivity contribution < 1.29 is 9.59 Å². The van der Waals surface area contributed by atoms with E-state index in [1.54, 1.807) is 0 Å². The summed E-state index contributed by atoms with van der Waals surface area (Å²) in [5.41, 5.74) is 2.80. The number of amides is 2. The molecule has 3 N–H and O–H groups in total. The lowest BCUT2D eigenvalue weighted by Crippen LogP contribution is -2.31. The van der Waals surface area contributed by atoms with Crippen molar-refractivity contribution in [1.29, 1.82) is 0 Å². The monoisotopic (exact) mass is 353 g/mol. The third kappa shape index (κ3) is 7.38. The number of benzene rings is 2. The number of hydrogen-bond donors (Lipinski definition) is 3. The van der Waals surface area contributed by atoms with Crippen molar-refractivity contribution in [2.75, 3.05) is 23.7 Å². The Balaban J connectivity index is 1.68. The van der Waals surface area contributed by atoms with E-state index in [4.69, 9.17) is 0 Å². The molecule has 2 aromatic rings. The predicted octanol–water partition coefficient (Wildman–Crippen LogP) is 3.44. The zero-order chi connectivity index (χ0) is 18.8. The number of carbonyl (C=O) groups is 2. The van der Waals surface area contributed by atoms with E-state index >= 15 is 0 Å². The van der Waals surface area contributed by atoms with Crippen LogP contribution in [0.3, 0.4) is 0 Å². The lowest BCUT2D eigenvalue weighted by molar-refractivity contribution is -0.119. The standard InChI is InChI=1S/C21H27N3O2/c1-16(2)14-20(25)24-19-10-8-18(9-11-19)23-15-21(26)22-13-12-17-6-4-3-5-7-17/h3-11,16,23H,12-15H2,1-2H3,(H,22,26)(H,24,25). The summed E-state index contributed by atoms with van der Waals surface area (Å²) >= 11 is 0. The number of nitrogens with one attached hydrogen (secondary N) is 3. The average molecular weight is 353 g/mol. The minimum Gasteiger partial charge on any atom is -0.376 e. The number of carbonyl (C=O) groups excluding carboxylic acids is 2. The summed E-state index contributed by atoms with van der Waals surface area (Å²) in [4.78, 5) is 23.6. The minimum atomic E-state index is -0.0461. The van der Waals surface area contributed by atoms with Crippen molar-refractivity contribution in [3.8, 4) is 0 Å². The van der Waals surface area contributed by atoms with Crippen molar-refractivity contribution in [2.24, 2.45) is 5.92 Å². The fraction of sp³-hybridized carbons (Fsp3) is 0.333. The second-order valence-electron chi connectivity index (χ2n) is 6.66. The van der Waals surface area contributed by atoms with Gasteiger partial charge in [-0.15, -0.1) is 0 Å². The smallest absolute Gasteiger partial charge is 0.239 e. The molecule has 5 heteroatoms. The molecule has 138 valence electrons. The predicted molar refractivity (Wildman–Crippen MR) is 106 cm³/mol. The Morgan fingerprint density at radius 3 is 2.19 bits per heavy atom. The van der Waals surface area contributed by atoms with Gasteiger partial charge in [0, 0.05) is 24.3 Å². The van der Waals surface area contributed by atoms with Gasteiger partial charge >= 0.3 is 0 Å². The molecule has 0 radical (unpaired) electrons. The molecule has 2 rings (SSSR count). The van der Waals surface area contributed by atoms with Crippen LogP contribution in [-0.2, 0) is 16.0 Å². The lowest BCUT2D eigenvalue weighted by Gasteiger charge is -2.10. The van der Waals surface area contributed by atoms with E-state index in [1.165, 1.54) is 5.56 Å². The first-order valence-corrected chi connectivity index (χ1v) is 8.97. The van der Waals surface area contributed by atoms with Crippen molar-refractivity contribution in [3.05, 3.63) is 60.2 Å². The molecule has 2 aromatic carbocycles. The topological polar surface area (TPSA) is 70.2 Å². The van der Waals surface area contributed by atoms with E-state index < -0.39 is 0 Å². The summed E-state index contributed by atoms with van der Waals surface area (Å²) in [6.07, 6.45) is 1.32. The van der Waals surface area contributed by atoms with Gasteiger partial charge in [0.15, 0.2) is 0 Å². The van der Waals surface area contributed by atoms with Gasteiger partial charge in [-0.25, -0.2) is 0 Å². The highest BCUT2D eigenvalue weighted by Gasteiger charge is 2.05. The second kappa shape index (κ2) is 10.2. The Labute approximate surface area is 155 Å². The van der Waals surface area contributed by atoms with Crippen LogP contribution in [0.25, 0.3) is 0 Å². The van der Waals surface area contributed by atoms with E-state index in [0.717, 1.165) is 17.8 Å². The van der Waals surface area contributed by atoms with E-state index in [0.29, 0.717) is 18.9 Å². The highest BCUT2D eigenvalue weighted by atomic mass is 16.2. The molecule has 0 aromatic heterocycles. The third-order valence-electron chi connectivity index (χ3n) is 3.79. The van der Waals surface area contributed by atoms with Crippen LogP contribution < -0.4 is 16.0 Å². The molecule has 0 aliphatic rings. The Bertz CT molecular complexity index is 697. The van der Waals surface area contributed by atoms with Gasteiger partial charge in [0.05, 0.1) is 6.54 Å². The molecule has 26 heavy (non-hydrogen) atoms. The summed E-state index contributed by atoms with van der Waals surface area (Å²) in [5.74, 6) is 0.296. The van der Waals surface area contributed by atoms with Crippen LogP contribution in [0.4, 0.5) is 11.4 Å². The van der Waals surface area contributed by atoms with Crippen molar-refractivity contribution in [1.82, 2.24) is 5.32 Å². The second-order valence-corrected chi connectivity index (χ2v) is 6.66. The van der Waals surface area contributed by atoms with Crippen LogP contribution in [0.15, 0.2) is 54.6 Å². The van der Waals surface area contributed by atoms with E-state index in [1.807, 2.05) is 68.4 Å². The van der Waals surface area contributed by atoms with Gasteiger partial charge in [-0.1, -0.05) is 44.2 Å². The number of anilines is 2. The molecule has 5 nitrogen and oxygen atoms in total. The Kier molecular flexibility index (Phi) is 7.68. The van der Waals surface area contributed by atoms with Crippen LogP contribution in [0.2, 0.25) is 0 Å². The zero-order valence-electron chi connectivity index (χ0n) is 15.4. The molecule has 2 amide bonds. The van der Waals surface area contributed by atoms with E-state index in [2.05, 4.69) is 16.0 Å². The van der Waals surface area contributed by atoms with Gasteiger partial charge in [-0.2, -0.15) is 0 Å². The van der Waals surface area contributed by atoms with Gasteiger partial charge in [-0.05, 0) is 42.2 Å². The molecule has 0 aliphatic heterocycles. The largest absolute Gasteiger partial charge is 0.376 e. The van der Waals surface area contributed by atoms with Crippen LogP contribution >= 0.6 is 0 Å². The maximum atomic E-state index is 11.9. The summed E-state index contributed by atoms with van der Waals surface area (Å²) in [6.45, 7) is 4.86. The van der Waals surface area contributed by atoms with Crippen LogP contribution in [0.5, 0.6) is 0 Å². The summed E-state index contributed by atoms with van der Waals surface area (Å²) in [5, 5.41) is 8.84. The van der Waals surface area contributed by atoms with Gasteiger partial charge in [0.25, 0.3) is 0 Å². The quantitative estimate of drug-likeness (QED) is 0.647. The van der Waals surface area contributed by atoms with Crippen molar-refractivity contribution in [3.63, 3.8) is 0 Å². The van der Waals surface area contributed by atoms with Gasteiger partial charge in [0.2, 0.25) is 11.8 Å². The third-order valence-corrected chi connectivity index (χ3v) is 3.79. The number of rotatable bonds is 9. The number of hydrogen-bond acceptors (Lipinski definition) is 3. The molecule has 0 fully saturated rings. The minimum absolute atomic E-state index is 0.0125. The van der Waals surface area contributed by atoms with Crippen LogP contribution in [0.1, 0.15) is 25.8 Å². The van der Waals surface area contributed by atoms with E-state index in [9.17, 15) is 9.59 Å². The van der Waals surface area contributed by atoms with Crippen molar-refractivity contribution in [2.45, 2.75) is 26.7 Å². The first-order chi connectivity index (χ1) is 12.5. The molecular formula is C21H27N3O2. The first-order valence-electron chi connectivity index (χ1n) is 8.97. The normalized spacial score (nSPS) is 10.4. The highest BCUT2D eigenvalue weighted by Crippen LogP contribution is 2.14. The fourth-order valence-electron chi connectivity index (χ4n) is 2.49. The molecule has 0 bridgehead atoms. The molecule has 0 aliphatic carbocycles. The van der Waals surface area contributed by atoms with Gasteiger partial charge < -0.3 is 16.0 Å². The van der Waals surface area contributed by atoms with Crippen LogP contribution in [-0.4, -0.2) is 24.9 Å². The Hall–Kier alpha value is -2.82. The zero-order valence-corrected chi connectivity index (χ0v) is 15.4. The average Bonchev–Trinajstić information content (AvgIpc) is 2.61. The molecule has 0 heterocycles. The van der Waals surface area contributed by atoms with E-state index in [-0.39, 0.29) is 18.4 Å². The molecular weight excluding hydrogens is 326 g/mol. The summed E-state index contributed by atoms with van der Waals surface area (Å²) in [6, 6.07) is 17.4. The molecule has 0 atom stereocenters. The highest BCUT2D eigenvalue weighted by molar-refractivity contribution is 5.91. The van der Waals surface area contributed by atoms with Crippen LogP contribution in [0, 0.1) is 5.92 Å². The van der Waals surface area contributed by atoms with Gasteiger partial charge in [-0.3, -0.25) is 9.59 Å². The molecule has 0 spiro atoms. The summed E-state index contributed by atoms with van der Waals surface area (Å²) in [7, 11) is 0. The molecule has 0 unspecified atom stereocenters. The fourth-order valence-corrected chi connectivity index (χ4v) is 2.49. The molecule has 0 saturated heterocycles. The Morgan fingerprint density at radius 1 is 0.885 bits per heavy atom. The SMILES string of the molecule is CC(C)CC(=O)Nc1ccc(NCC(=O)NCCc2ccccc2)cc1. The maximum Gasteiger partial charge on any atom is 0.239 e. The summed E-state index contributed by atoms with van der Waals surface area (Å²) < 4.78 is 0. The lowest BCUT2D eigenvalue weighted by atomic mass is 10.1. The Morgan fingerprint density at radius 2 is 1.54 bits per heavy atom. The first kappa shape index (κ1) is 19.5. The van der Waals surface area contributed by atoms with Gasteiger partial charge in [0.1, 0.15) is 0 Å².